The van der Waals surface area contributed by atoms with Crippen molar-refractivity contribution in [2.24, 2.45) is 0 Å². The van der Waals surface area contributed by atoms with E-state index in [-0.39, 0.29) is 0 Å². The largest absolute Gasteiger partial charge is 0.314 e. The fourth-order valence-corrected chi connectivity index (χ4v) is 3.28. The first-order chi connectivity index (χ1) is 9.31. The van der Waals surface area contributed by atoms with Gasteiger partial charge in [-0.05, 0) is 43.7 Å². The van der Waals surface area contributed by atoms with Crippen LogP contribution in [0.2, 0.25) is 0 Å². The molecule has 0 saturated heterocycles. The maximum atomic E-state index is 4.43. The van der Waals surface area contributed by atoms with Crippen molar-refractivity contribution in [2.75, 3.05) is 6.54 Å². The summed E-state index contributed by atoms with van der Waals surface area (Å²) in [6.07, 6.45) is 5.10. The Balaban J connectivity index is 1.99. The van der Waals surface area contributed by atoms with Crippen molar-refractivity contribution in [1.82, 2.24) is 10.3 Å². The second-order valence-corrected chi connectivity index (χ2v) is 5.96. The summed E-state index contributed by atoms with van der Waals surface area (Å²) in [6.45, 7) is 5.38. The lowest BCUT2D eigenvalue weighted by molar-refractivity contribution is 0.519. The van der Waals surface area contributed by atoms with Crippen LogP contribution in [-0.4, -0.2) is 17.6 Å². The number of thiophene rings is 1. The molecular weight excluding hydrogens is 252 g/mol. The molecule has 3 heteroatoms. The minimum absolute atomic E-state index is 0.475. The van der Waals surface area contributed by atoms with Crippen molar-refractivity contribution < 1.29 is 0 Å². The quantitative estimate of drug-likeness (QED) is 0.836. The fraction of sp³-hybridized carbons (Fsp3) is 0.438. The van der Waals surface area contributed by atoms with Crippen LogP contribution in [0.1, 0.15) is 29.3 Å². The van der Waals surface area contributed by atoms with Crippen LogP contribution in [0.5, 0.6) is 0 Å². The SMILES string of the molecule is CCNC(Cc1ccccn1)Cc1ccc(CC)s1. The van der Waals surface area contributed by atoms with Crippen LogP contribution in [0.25, 0.3) is 0 Å². The van der Waals surface area contributed by atoms with E-state index in [1.807, 2.05) is 23.6 Å². The van der Waals surface area contributed by atoms with E-state index >= 15 is 0 Å². The van der Waals surface area contributed by atoms with Gasteiger partial charge in [0.1, 0.15) is 0 Å². The van der Waals surface area contributed by atoms with Crippen molar-refractivity contribution in [3.05, 3.63) is 52.0 Å². The van der Waals surface area contributed by atoms with Crippen LogP contribution in [-0.2, 0) is 19.3 Å². The maximum absolute atomic E-state index is 4.43. The molecule has 0 amide bonds. The predicted octanol–water partition coefficient (Wildman–Crippen LogP) is 3.47. The lowest BCUT2D eigenvalue weighted by Gasteiger charge is -2.16. The first-order valence-electron chi connectivity index (χ1n) is 7.02. The van der Waals surface area contributed by atoms with Crippen LogP contribution in [0.3, 0.4) is 0 Å². The Labute approximate surface area is 119 Å². The molecule has 2 aromatic heterocycles. The van der Waals surface area contributed by atoms with Gasteiger partial charge in [-0.15, -0.1) is 11.3 Å². The number of pyridine rings is 1. The van der Waals surface area contributed by atoms with Crippen LogP contribution in [0.4, 0.5) is 0 Å². The molecule has 0 aromatic carbocycles. The molecule has 0 aliphatic rings. The van der Waals surface area contributed by atoms with Crippen LogP contribution in [0.15, 0.2) is 36.5 Å². The first-order valence-corrected chi connectivity index (χ1v) is 7.84. The molecular formula is C16H22N2S. The molecule has 2 rings (SSSR count). The smallest absolute Gasteiger partial charge is 0.0419 e. The van der Waals surface area contributed by atoms with Crippen LogP contribution in [0, 0.1) is 0 Å². The molecule has 0 aliphatic carbocycles. The number of nitrogens with zero attached hydrogens (tertiary/aromatic N) is 1. The minimum Gasteiger partial charge on any atom is -0.314 e. The Kier molecular flexibility index (Phi) is 5.55. The number of likely N-dealkylation sites (N-methyl/N-ethyl adjacent to an activating group) is 1. The van der Waals surface area contributed by atoms with Gasteiger partial charge in [-0.3, -0.25) is 4.98 Å². The van der Waals surface area contributed by atoms with E-state index in [0.717, 1.165) is 25.8 Å². The second kappa shape index (κ2) is 7.41. The molecule has 2 aromatic rings. The molecule has 1 N–H and O–H groups in total. The number of hydrogen-bond donors (Lipinski definition) is 1. The Hall–Kier alpha value is -1.19. The van der Waals surface area contributed by atoms with E-state index in [0.29, 0.717) is 6.04 Å². The van der Waals surface area contributed by atoms with E-state index in [1.165, 1.54) is 15.4 Å². The minimum atomic E-state index is 0.475. The Bertz CT molecular complexity index is 479. The Morgan fingerprint density at radius 2 is 1.95 bits per heavy atom. The van der Waals surface area contributed by atoms with E-state index in [1.54, 1.807) is 0 Å². The number of hydrogen-bond acceptors (Lipinski definition) is 3. The van der Waals surface area contributed by atoms with Gasteiger partial charge >= 0.3 is 0 Å². The van der Waals surface area contributed by atoms with Crippen molar-refractivity contribution in [3.63, 3.8) is 0 Å². The Morgan fingerprint density at radius 1 is 1.11 bits per heavy atom. The summed E-state index contributed by atoms with van der Waals surface area (Å²) < 4.78 is 0. The Morgan fingerprint density at radius 3 is 2.58 bits per heavy atom. The number of rotatable bonds is 7. The zero-order valence-electron chi connectivity index (χ0n) is 11.7. The highest BCUT2D eigenvalue weighted by molar-refractivity contribution is 7.11. The van der Waals surface area contributed by atoms with Crippen molar-refractivity contribution >= 4 is 11.3 Å². The van der Waals surface area contributed by atoms with Gasteiger partial charge in [0.2, 0.25) is 0 Å². The average molecular weight is 274 g/mol. The summed E-state index contributed by atoms with van der Waals surface area (Å²) in [7, 11) is 0. The molecule has 0 spiro atoms. The average Bonchev–Trinajstić information content (AvgIpc) is 2.88. The summed E-state index contributed by atoms with van der Waals surface area (Å²) in [4.78, 5) is 7.37. The van der Waals surface area contributed by atoms with Gasteiger partial charge in [-0.25, -0.2) is 0 Å². The zero-order valence-corrected chi connectivity index (χ0v) is 12.5. The van der Waals surface area contributed by atoms with Gasteiger partial charge in [0.25, 0.3) is 0 Å². The third-order valence-corrected chi connectivity index (χ3v) is 4.44. The van der Waals surface area contributed by atoms with Gasteiger partial charge in [-0.1, -0.05) is 19.9 Å². The highest BCUT2D eigenvalue weighted by Crippen LogP contribution is 2.19. The molecule has 1 unspecified atom stereocenters. The second-order valence-electron chi connectivity index (χ2n) is 4.71. The molecule has 0 bridgehead atoms. The van der Waals surface area contributed by atoms with Crippen molar-refractivity contribution in [2.45, 2.75) is 39.2 Å². The molecule has 1 atom stereocenters. The van der Waals surface area contributed by atoms with E-state index in [9.17, 15) is 0 Å². The van der Waals surface area contributed by atoms with Gasteiger partial charge in [0.15, 0.2) is 0 Å². The predicted molar refractivity (Wildman–Crippen MR) is 82.8 cm³/mol. The van der Waals surface area contributed by atoms with Crippen LogP contribution < -0.4 is 5.32 Å². The van der Waals surface area contributed by atoms with Gasteiger partial charge in [-0.2, -0.15) is 0 Å². The van der Waals surface area contributed by atoms with E-state index < -0.39 is 0 Å². The molecule has 2 heterocycles. The third kappa shape index (κ3) is 4.44. The normalized spacial score (nSPS) is 12.5. The number of nitrogens with one attached hydrogen (secondary N) is 1. The van der Waals surface area contributed by atoms with Crippen LogP contribution >= 0.6 is 11.3 Å². The lowest BCUT2D eigenvalue weighted by Crippen LogP contribution is -2.33. The summed E-state index contributed by atoms with van der Waals surface area (Å²) in [6, 6.07) is 11.1. The highest BCUT2D eigenvalue weighted by atomic mass is 32.1. The molecule has 2 nitrogen and oxygen atoms in total. The molecule has 0 aliphatic heterocycles. The standard InChI is InChI=1S/C16H22N2S/c1-3-15-8-9-16(19-15)12-14(17-4-2)11-13-7-5-6-10-18-13/h5-10,14,17H,3-4,11-12H2,1-2H3. The lowest BCUT2D eigenvalue weighted by atomic mass is 10.1. The molecule has 0 radical (unpaired) electrons. The summed E-state index contributed by atoms with van der Waals surface area (Å²) in [5.41, 5.74) is 1.17. The monoisotopic (exact) mass is 274 g/mol. The van der Waals surface area contributed by atoms with Crippen molar-refractivity contribution in [3.8, 4) is 0 Å². The highest BCUT2D eigenvalue weighted by Gasteiger charge is 2.11. The number of aromatic nitrogens is 1. The summed E-state index contributed by atoms with van der Waals surface area (Å²) in [5, 5.41) is 3.57. The molecule has 19 heavy (non-hydrogen) atoms. The van der Waals surface area contributed by atoms with E-state index in [2.05, 4.69) is 48.4 Å². The zero-order chi connectivity index (χ0) is 13.5. The molecule has 0 saturated carbocycles. The first kappa shape index (κ1) is 14.2. The molecule has 0 fully saturated rings. The van der Waals surface area contributed by atoms with Gasteiger partial charge in [0.05, 0.1) is 0 Å². The maximum Gasteiger partial charge on any atom is 0.0419 e. The van der Waals surface area contributed by atoms with Gasteiger partial charge < -0.3 is 5.32 Å². The topological polar surface area (TPSA) is 24.9 Å². The summed E-state index contributed by atoms with van der Waals surface area (Å²) in [5.74, 6) is 0. The molecule has 102 valence electrons. The van der Waals surface area contributed by atoms with Crippen molar-refractivity contribution in [1.29, 1.82) is 0 Å². The fourth-order valence-electron chi connectivity index (χ4n) is 2.24. The van der Waals surface area contributed by atoms with Gasteiger partial charge in [0, 0.05) is 34.1 Å². The van der Waals surface area contributed by atoms with E-state index in [4.69, 9.17) is 0 Å². The number of aryl methyl sites for hydroxylation is 1. The third-order valence-electron chi connectivity index (χ3n) is 3.19. The summed E-state index contributed by atoms with van der Waals surface area (Å²) >= 11 is 1.94.